The lowest BCUT2D eigenvalue weighted by molar-refractivity contribution is 0.0588. The quantitative estimate of drug-likeness (QED) is 0.412. The van der Waals surface area contributed by atoms with Crippen molar-refractivity contribution in [2.24, 2.45) is 0 Å². The molecule has 1 rings (SSSR count). The molecule has 0 fully saturated rings. The Morgan fingerprint density at radius 3 is 3.14 bits per heavy atom. The van der Waals surface area contributed by atoms with Gasteiger partial charge in [0, 0.05) is 19.2 Å². The standard InChI is InChI=1S/C11H13NO2/c1-3-4-5-8-12-9-6-7-10(12)11(13)14-2/h1,6-7,9H,4-5,8H2,2H3. The van der Waals surface area contributed by atoms with Crippen LogP contribution in [0.5, 0.6) is 0 Å². The number of ether oxygens (including phenoxy) is 1. The van der Waals surface area contributed by atoms with Gasteiger partial charge in [-0.3, -0.25) is 0 Å². The second-order valence-corrected chi connectivity index (χ2v) is 2.89. The molecule has 3 heteroatoms. The minimum atomic E-state index is -0.310. The lowest BCUT2D eigenvalue weighted by atomic mass is 10.3. The molecular formula is C11H13NO2. The molecule has 0 N–H and O–H groups in total. The van der Waals surface area contributed by atoms with Crippen LogP contribution in [-0.4, -0.2) is 17.6 Å². The molecule has 74 valence electrons. The summed E-state index contributed by atoms with van der Waals surface area (Å²) in [6.07, 6.45) is 8.58. The maximum atomic E-state index is 11.2. The molecular weight excluding hydrogens is 178 g/mol. The number of carbonyl (C=O) groups is 1. The average molecular weight is 191 g/mol. The van der Waals surface area contributed by atoms with Crippen molar-refractivity contribution in [1.29, 1.82) is 0 Å². The number of nitrogens with zero attached hydrogens (tertiary/aromatic N) is 1. The lowest BCUT2D eigenvalue weighted by Gasteiger charge is -2.05. The minimum Gasteiger partial charge on any atom is -0.464 e. The van der Waals surface area contributed by atoms with E-state index in [1.54, 1.807) is 6.07 Å². The van der Waals surface area contributed by atoms with Gasteiger partial charge in [0.2, 0.25) is 0 Å². The SMILES string of the molecule is C#CCCCn1cccc1C(=O)OC. The Kier molecular flexibility index (Phi) is 3.81. The highest BCUT2D eigenvalue weighted by Crippen LogP contribution is 2.05. The molecule has 0 spiro atoms. The van der Waals surface area contributed by atoms with Gasteiger partial charge in [-0.25, -0.2) is 4.79 Å². The van der Waals surface area contributed by atoms with E-state index in [1.807, 2.05) is 16.8 Å². The van der Waals surface area contributed by atoms with Crippen LogP contribution in [0.15, 0.2) is 18.3 Å². The molecule has 0 radical (unpaired) electrons. The van der Waals surface area contributed by atoms with Crippen molar-refractivity contribution in [3.63, 3.8) is 0 Å². The Balaban J connectivity index is 2.64. The highest BCUT2D eigenvalue weighted by Gasteiger charge is 2.09. The first kappa shape index (κ1) is 10.4. The predicted molar refractivity (Wildman–Crippen MR) is 53.8 cm³/mol. The van der Waals surface area contributed by atoms with E-state index in [9.17, 15) is 4.79 Å². The number of methoxy groups -OCH3 is 1. The fourth-order valence-electron chi connectivity index (χ4n) is 1.25. The van der Waals surface area contributed by atoms with E-state index in [-0.39, 0.29) is 5.97 Å². The molecule has 0 aliphatic rings. The maximum Gasteiger partial charge on any atom is 0.354 e. The van der Waals surface area contributed by atoms with Crippen molar-refractivity contribution in [1.82, 2.24) is 4.57 Å². The van der Waals surface area contributed by atoms with Gasteiger partial charge in [-0.15, -0.1) is 12.3 Å². The molecule has 0 aromatic carbocycles. The zero-order valence-electron chi connectivity index (χ0n) is 8.19. The second-order valence-electron chi connectivity index (χ2n) is 2.89. The fraction of sp³-hybridized carbons (Fsp3) is 0.364. The highest BCUT2D eigenvalue weighted by molar-refractivity contribution is 5.87. The normalized spacial score (nSPS) is 9.43. The average Bonchev–Trinajstić information content (AvgIpc) is 2.65. The molecule has 1 heterocycles. The smallest absolute Gasteiger partial charge is 0.354 e. The van der Waals surface area contributed by atoms with Crippen LogP contribution in [0.4, 0.5) is 0 Å². The Labute approximate surface area is 83.7 Å². The van der Waals surface area contributed by atoms with Crippen LogP contribution in [0.2, 0.25) is 0 Å². The molecule has 0 bridgehead atoms. The predicted octanol–water partition coefficient (Wildman–Crippen LogP) is 1.69. The summed E-state index contributed by atoms with van der Waals surface area (Å²) >= 11 is 0. The van der Waals surface area contributed by atoms with Crippen LogP contribution in [0.1, 0.15) is 23.3 Å². The first-order chi connectivity index (χ1) is 6.79. The molecule has 3 nitrogen and oxygen atoms in total. The summed E-state index contributed by atoms with van der Waals surface area (Å²) in [5.74, 6) is 2.25. The first-order valence-corrected chi connectivity index (χ1v) is 4.46. The maximum absolute atomic E-state index is 11.2. The minimum absolute atomic E-state index is 0.310. The molecule has 1 aromatic rings. The summed E-state index contributed by atoms with van der Waals surface area (Å²) in [5, 5.41) is 0. The van der Waals surface area contributed by atoms with Gasteiger partial charge in [-0.1, -0.05) is 0 Å². The van der Waals surface area contributed by atoms with Crippen LogP contribution in [-0.2, 0) is 11.3 Å². The zero-order chi connectivity index (χ0) is 10.4. The third-order valence-electron chi connectivity index (χ3n) is 1.94. The summed E-state index contributed by atoms with van der Waals surface area (Å²) in [6.45, 7) is 0.752. The Hall–Kier alpha value is -1.69. The van der Waals surface area contributed by atoms with Gasteiger partial charge in [0.05, 0.1) is 7.11 Å². The molecule has 0 atom stereocenters. The zero-order valence-corrected chi connectivity index (χ0v) is 8.19. The molecule has 1 aromatic heterocycles. The third kappa shape index (κ3) is 2.40. The van der Waals surface area contributed by atoms with Crippen molar-refractivity contribution in [3.05, 3.63) is 24.0 Å². The highest BCUT2D eigenvalue weighted by atomic mass is 16.5. The van der Waals surface area contributed by atoms with Gasteiger partial charge in [0.1, 0.15) is 5.69 Å². The summed E-state index contributed by atoms with van der Waals surface area (Å²) in [6, 6.07) is 3.56. The van der Waals surface area contributed by atoms with E-state index in [2.05, 4.69) is 10.7 Å². The Bertz CT molecular complexity index is 346. The number of hydrogen-bond donors (Lipinski definition) is 0. The van der Waals surface area contributed by atoms with Gasteiger partial charge in [0.15, 0.2) is 0 Å². The van der Waals surface area contributed by atoms with E-state index >= 15 is 0 Å². The summed E-state index contributed by atoms with van der Waals surface area (Å²) in [7, 11) is 1.38. The second kappa shape index (κ2) is 5.13. The van der Waals surface area contributed by atoms with Crippen LogP contribution in [0.25, 0.3) is 0 Å². The monoisotopic (exact) mass is 191 g/mol. The topological polar surface area (TPSA) is 31.2 Å². The fourth-order valence-corrected chi connectivity index (χ4v) is 1.25. The van der Waals surface area contributed by atoms with Crippen LogP contribution >= 0.6 is 0 Å². The molecule has 0 amide bonds. The van der Waals surface area contributed by atoms with E-state index in [0.29, 0.717) is 5.69 Å². The number of rotatable bonds is 4. The molecule has 0 saturated carbocycles. The molecule has 0 aliphatic carbocycles. The van der Waals surface area contributed by atoms with Gasteiger partial charge in [-0.2, -0.15) is 0 Å². The molecule has 0 saturated heterocycles. The third-order valence-corrected chi connectivity index (χ3v) is 1.94. The van der Waals surface area contributed by atoms with Gasteiger partial charge in [0.25, 0.3) is 0 Å². The summed E-state index contributed by atoms with van der Waals surface area (Å²) < 4.78 is 6.49. The number of carbonyl (C=O) groups excluding carboxylic acids is 1. The number of terminal acetylenes is 1. The Morgan fingerprint density at radius 1 is 1.71 bits per heavy atom. The van der Waals surface area contributed by atoms with Gasteiger partial charge in [-0.05, 0) is 18.6 Å². The summed E-state index contributed by atoms with van der Waals surface area (Å²) in [4.78, 5) is 11.2. The number of unbranched alkanes of at least 4 members (excludes halogenated alkanes) is 1. The molecule has 14 heavy (non-hydrogen) atoms. The summed E-state index contributed by atoms with van der Waals surface area (Å²) in [5.41, 5.74) is 0.574. The van der Waals surface area contributed by atoms with E-state index in [1.165, 1.54) is 7.11 Å². The van der Waals surface area contributed by atoms with E-state index < -0.39 is 0 Å². The van der Waals surface area contributed by atoms with Crippen LogP contribution in [0, 0.1) is 12.3 Å². The van der Waals surface area contributed by atoms with E-state index in [0.717, 1.165) is 19.4 Å². The largest absolute Gasteiger partial charge is 0.464 e. The van der Waals surface area contributed by atoms with Gasteiger partial charge >= 0.3 is 5.97 Å². The number of hydrogen-bond acceptors (Lipinski definition) is 2. The van der Waals surface area contributed by atoms with Crippen molar-refractivity contribution < 1.29 is 9.53 Å². The molecule has 0 unspecified atom stereocenters. The van der Waals surface area contributed by atoms with Gasteiger partial charge < -0.3 is 9.30 Å². The van der Waals surface area contributed by atoms with Crippen molar-refractivity contribution in [2.45, 2.75) is 19.4 Å². The molecule has 0 aliphatic heterocycles. The number of aryl methyl sites for hydroxylation is 1. The van der Waals surface area contributed by atoms with Crippen molar-refractivity contribution >= 4 is 5.97 Å². The lowest BCUT2D eigenvalue weighted by Crippen LogP contribution is -2.09. The number of aromatic nitrogens is 1. The Morgan fingerprint density at radius 2 is 2.50 bits per heavy atom. The van der Waals surface area contributed by atoms with Crippen molar-refractivity contribution in [3.8, 4) is 12.3 Å². The number of esters is 1. The van der Waals surface area contributed by atoms with Crippen LogP contribution in [0.3, 0.4) is 0 Å². The van der Waals surface area contributed by atoms with Crippen LogP contribution < -0.4 is 0 Å². The first-order valence-electron chi connectivity index (χ1n) is 4.46. The van der Waals surface area contributed by atoms with Crippen molar-refractivity contribution in [2.75, 3.05) is 7.11 Å². The van der Waals surface area contributed by atoms with E-state index in [4.69, 9.17) is 6.42 Å².